The van der Waals surface area contributed by atoms with E-state index in [1.807, 2.05) is 6.07 Å². The van der Waals surface area contributed by atoms with Crippen LogP contribution in [0.1, 0.15) is 15.9 Å². The third-order valence-corrected chi connectivity index (χ3v) is 2.58. The third kappa shape index (κ3) is 2.84. The fourth-order valence-corrected chi connectivity index (χ4v) is 1.58. The van der Waals surface area contributed by atoms with Crippen molar-refractivity contribution in [3.63, 3.8) is 0 Å². The molecule has 0 atom stereocenters. The number of anilines is 1. The van der Waals surface area contributed by atoms with Crippen LogP contribution < -0.4 is 10.1 Å². The lowest BCUT2D eigenvalue weighted by Gasteiger charge is -2.08. The zero-order valence-electron chi connectivity index (χ0n) is 10.6. The molecule has 2 N–H and O–H groups in total. The second kappa shape index (κ2) is 5.71. The summed E-state index contributed by atoms with van der Waals surface area (Å²) in [5.41, 5.74) is 0.443. The number of phenolic OH excluding ortho intramolecular Hbond substituents is 1. The second-order valence-electron chi connectivity index (χ2n) is 3.88. The van der Waals surface area contributed by atoms with Gasteiger partial charge in [0, 0.05) is 6.20 Å². The molecule has 0 fully saturated rings. The lowest BCUT2D eigenvalue weighted by molar-refractivity contribution is 0.102. The number of aromatic nitrogens is 1. The molecule has 20 heavy (non-hydrogen) atoms. The number of benzene rings is 1. The number of amides is 1. The van der Waals surface area contributed by atoms with Crippen molar-refractivity contribution in [1.82, 2.24) is 4.98 Å². The van der Waals surface area contributed by atoms with Gasteiger partial charge in [-0.3, -0.25) is 4.79 Å². The molecule has 0 aliphatic carbocycles. The van der Waals surface area contributed by atoms with Crippen LogP contribution in [0.15, 0.2) is 36.5 Å². The number of pyridine rings is 1. The van der Waals surface area contributed by atoms with Crippen LogP contribution in [0.5, 0.6) is 11.5 Å². The van der Waals surface area contributed by atoms with E-state index < -0.39 is 5.91 Å². The summed E-state index contributed by atoms with van der Waals surface area (Å²) in [6, 6.07) is 9.24. The van der Waals surface area contributed by atoms with Gasteiger partial charge in [0.1, 0.15) is 17.3 Å². The molecule has 1 aromatic heterocycles. The normalized spacial score (nSPS) is 9.60. The first-order valence-corrected chi connectivity index (χ1v) is 5.68. The highest BCUT2D eigenvalue weighted by atomic mass is 16.5. The molecule has 6 nitrogen and oxygen atoms in total. The molecule has 0 bridgehead atoms. The first-order valence-electron chi connectivity index (χ1n) is 5.68. The van der Waals surface area contributed by atoms with E-state index in [-0.39, 0.29) is 17.1 Å². The first-order chi connectivity index (χ1) is 9.63. The van der Waals surface area contributed by atoms with Crippen molar-refractivity contribution in [2.75, 3.05) is 12.4 Å². The number of carbonyl (C=O) groups excluding carboxylic acids is 1. The Bertz CT molecular complexity index is 692. The molecule has 0 aliphatic heterocycles. The van der Waals surface area contributed by atoms with Crippen molar-refractivity contribution < 1.29 is 14.6 Å². The van der Waals surface area contributed by atoms with Crippen molar-refractivity contribution in [2.24, 2.45) is 0 Å². The van der Waals surface area contributed by atoms with Crippen LogP contribution >= 0.6 is 0 Å². The lowest BCUT2D eigenvalue weighted by atomic mass is 10.1. The number of hydrogen-bond acceptors (Lipinski definition) is 5. The lowest BCUT2D eigenvalue weighted by Crippen LogP contribution is -2.13. The van der Waals surface area contributed by atoms with Crippen LogP contribution in [-0.4, -0.2) is 23.1 Å². The molecular weight excluding hydrogens is 258 g/mol. The number of nitriles is 1. The molecule has 1 aromatic carbocycles. The summed E-state index contributed by atoms with van der Waals surface area (Å²) in [6.07, 6.45) is 1.42. The summed E-state index contributed by atoms with van der Waals surface area (Å²) in [5.74, 6) is -0.0216. The first kappa shape index (κ1) is 13.4. The minimum absolute atomic E-state index is 0.0634. The van der Waals surface area contributed by atoms with Gasteiger partial charge in [0.15, 0.2) is 0 Å². The van der Waals surface area contributed by atoms with E-state index in [4.69, 9.17) is 10.00 Å². The highest BCUT2D eigenvalue weighted by Gasteiger charge is 2.13. The van der Waals surface area contributed by atoms with E-state index >= 15 is 0 Å². The van der Waals surface area contributed by atoms with Gasteiger partial charge in [0.05, 0.1) is 24.3 Å². The number of phenols is 1. The number of nitrogens with zero attached hydrogens (tertiary/aromatic N) is 2. The Labute approximate surface area is 115 Å². The fraction of sp³-hybridized carbons (Fsp3) is 0.0714. The van der Waals surface area contributed by atoms with Crippen molar-refractivity contribution in [3.8, 4) is 17.6 Å². The number of aromatic hydroxyl groups is 1. The zero-order chi connectivity index (χ0) is 14.5. The summed E-state index contributed by atoms with van der Waals surface area (Å²) in [4.78, 5) is 16.0. The molecule has 2 aromatic rings. The van der Waals surface area contributed by atoms with Gasteiger partial charge in [-0.2, -0.15) is 5.26 Å². The Morgan fingerprint density at radius 2 is 2.20 bits per heavy atom. The van der Waals surface area contributed by atoms with Gasteiger partial charge < -0.3 is 15.2 Å². The van der Waals surface area contributed by atoms with E-state index in [0.29, 0.717) is 11.3 Å². The summed E-state index contributed by atoms with van der Waals surface area (Å²) in [5, 5.41) is 21.0. The van der Waals surface area contributed by atoms with Gasteiger partial charge in [0.2, 0.25) is 0 Å². The molecule has 2 rings (SSSR count). The number of ether oxygens (including phenoxy) is 1. The highest BCUT2D eigenvalue weighted by Crippen LogP contribution is 2.23. The number of carbonyl (C=O) groups is 1. The fourth-order valence-electron chi connectivity index (χ4n) is 1.58. The maximum atomic E-state index is 12.1. The molecule has 100 valence electrons. The van der Waals surface area contributed by atoms with Crippen LogP contribution in [0.3, 0.4) is 0 Å². The Kier molecular flexibility index (Phi) is 3.82. The van der Waals surface area contributed by atoms with Gasteiger partial charge in [0.25, 0.3) is 5.91 Å². The summed E-state index contributed by atoms with van der Waals surface area (Å²) < 4.78 is 5.00. The molecule has 0 unspecified atom stereocenters. The molecule has 1 amide bonds. The van der Waals surface area contributed by atoms with Crippen molar-refractivity contribution in [2.45, 2.75) is 0 Å². The molecular formula is C14H11N3O3. The SMILES string of the molecule is COc1ccc(O)c(C(=O)Nc2cc(C#N)ccn2)c1. The van der Waals surface area contributed by atoms with E-state index in [2.05, 4.69) is 10.3 Å². The van der Waals surface area contributed by atoms with Gasteiger partial charge in [-0.25, -0.2) is 4.98 Å². The Morgan fingerprint density at radius 3 is 2.90 bits per heavy atom. The van der Waals surface area contributed by atoms with E-state index in [9.17, 15) is 9.90 Å². The van der Waals surface area contributed by atoms with E-state index in [1.165, 1.54) is 37.6 Å². The molecule has 0 aliphatic rings. The van der Waals surface area contributed by atoms with Crippen LogP contribution in [0.25, 0.3) is 0 Å². The summed E-state index contributed by atoms with van der Waals surface area (Å²) in [6.45, 7) is 0. The minimum atomic E-state index is -0.538. The second-order valence-corrected chi connectivity index (χ2v) is 3.88. The third-order valence-electron chi connectivity index (χ3n) is 2.58. The molecule has 0 saturated carbocycles. The predicted octanol–water partition coefficient (Wildman–Crippen LogP) is 1.92. The zero-order valence-corrected chi connectivity index (χ0v) is 10.6. The number of rotatable bonds is 3. The summed E-state index contributed by atoms with van der Waals surface area (Å²) in [7, 11) is 1.46. The number of nitrogens with one attached hydrogen (secondary N) is 1. The summed E-state index contributed by atoms with van der Waals surface area (Å²) >= 11 is 0. The van der Waals surface area contributed by atoms with E-state index in [1.54, 1.807) is 6.07 Å². The standard InChI is InChI=1S/C14H11N3O3/c1-20-10-2-3-12(18)11(7-10)14(19)17-13-6-9(8-15)4-5-16-13/h2-7,18H,1H3,(H,16,17,19). The van der Waals surface area contributed by atoms with Gasteiger partial charge in [-0.05, 0) is 30.3 Å². The Hall–Kier alpha value is -3.07. The molecule has 0 spiro atoms. The topological polar surface area (TPSA) is 95.2 Å². The average molecular weight is 269 g/mol. The van der Waals surface area contributed by atoms with E-state index in [0.717, 1.165) is 0 Å². The molecule has 0 radical (unpaired) electrons. The Morgan fingerprint density at radius 1 is 1.40 bits per heavy atom. The maximum absolute atomic E-state index is 12.1. The molecule has 0 saturated heterocycles. The van der Waals surface area contributed by atoms with Crippen LogP contribution in [0, 0.1) is 11.3 Å². The van der Waals surface area contributed by atoms with Gasteiger partial charge in [-0.15, -0.1) is 0 Å². The highest BCUT2D eigenvalue weighted by molar-refractivity contribution is 6.06. The smallest absolute Gasteiger partial charge is 0.260 e. The Balaban J connectivity index is 2.26. The maximum Gasteiger partial charge on any atom is 0.260 e. The molecule has 6 heteroatoms. The van der Waals surface area contributed by atoms with Gasteiger partial charge >= 0.3 is 0 Å². The van der Waals surface area contributed by atoms with Crippen LogP contribution in [0.2, 0.25) is 0 Å². The average Bonchev–Trinajstić information content (AvgIpc) is 2.47. The quantitative estimate of drug-likeness (QED) is 0.887. The van der Waals surface area contributed by atoms with Crippen molar-refractivity contribution in [1.29, 1.82) is 5.26 Å². The molecule has 1 heterocycles. The van der Waals surface area contributed by atoms with Gasteiger partial charge in [-0.1, -0.05) is 0 Å². The van der Waals surface area contributed by atoms with Crippen LogP contribution in [-0.2, 0) is 0 Å². The largest absolute Gasteiger partial charge is 0.507 e. The van der Waals surface area contributed by atoms with Crippen molar-refractivity contribution >= 4 is 11.7 Å². The van der Waals surface area contributed by atoms with Crippen molar-refractivity contribution in [3.05, 3.63) is 47.7 Å². The monoisotopic (exact) mass is 269 g/mol. The number of methoxy groups -OCH3 is 1. The van der Waals surface area contributed by atoms with Crippen LogP contribution in [0.4, 0.5) is 5.82 Å². The number of hydrogen-bond donors (Lipinski definition) is 2. The predicted molar refractivity (Wildman–Crippen MR) is 71.6 cm³/mol. The minimum Gasteiger partial charge on any atom is -0.507 e.